The number of hydrogen-bond acceptors (Lipinski definition) is 2. The Morgan fingerprint density at radius 3 is 2.80 bits per heavy atom. The monoisotopic (exact) mass is 136 g/mol. The highest BCUT2D eigenvalue weighted by Crippen LogP contribution is 2.24. The van der Waals surface area contributed by atoms with Crippen LogP contribution in [0.3, 0.4) is 0 Å². The van der Waals surface area contributed by atoms with Crippen LogP contribution in [0.15, 0.2) is 21.2 Å². The molecule has 0 bridgehead atoms. The first-order valence-electron chi connectivity index (χ1n) is 3.22. The van der Waals surface area contributed by atoms with E-state index in [2.05, 4.69) is 0 Å². The van der Waals surface area contributed by atoms with E-state index < -0.39 is 0 Å². The molecule has 10 heavy (non-hydrogen) atoms. The molecule has 2 nitrogen and oxygen atoms in total. The first-order valence-corrected chi connectivity index (χ1v) is 3.22. The summed E-state index contributed by atoms with van der Waals surface area (Å²) >= 11 is 0. The Morgan fingerprint density at radius 1 is 1.30 bits per heavy atom. The fraction of sp³-hybridized carbons (Fsp3) is 0.250. The van der Waals surface area contributed by atoms with Gasteiger partial charge in [-0.25, -0.2) is 0 Å². The lowest BCUT2D eigenvalue weighted by molar-refractivity contribution is 0.461. The van der Waals surface area contributed by atoms with E-state index in [0.29, 0.717) is 5.78 Å². The molecule has 2 rings (SSSR count). The van der Waals surface area contributed by atoms with Crippen molar-refractivity contribution >= 4 is 11.2 Å². The van der Waals surface area contributed by atoms with Crippen LogP contribution in [0.2, 0.25) is 0 Å². The molecule has 0 unspecified atom stereocenters. The topological polar surface area (TPSA) is 26.3 Å². The van der Waals surface area contributed by atoms with E-state index in [1.165, 1.54) is 5.56 Å². The number of hydrogen-bond donors (Lipinski definition) is 0. The Kier molecular flexibility index (Phi) is 0.926. The fourth-order valence-electron chi connectivity index (χ4n) is 1.06. The molecule has 52 valence electrons. The lowest BCUT2D eigenvalue weighted by Gasteiger charge is -1.81. The average Bonchev–Trinajstić information content (AvgIpc) is 2.41. The van der Waals surface area contributed by atoms with Gasteiger partial charge in [-0.05, 0) is 19.9 Å². The third-order valence-corrected chi connectivity index (χ3v) is 1.81. The second-order valence-electron chi connectivity index (χ2n) is 2.40. The second-order valence-corrected chi connectivity index (χ2v) is 2.40. The van der Waals surface area contributed by atoms with Gasteiger partial charge in [0, 0.05) is 5.56 Å². The maximum Gasteiger partial charge on any atom is 0.297 e. The standard InChI is InChI=1S/C8H8O2/c1-5-6(2)10-8-7(5)3-4-9-8/h3-4H,1-2H3. The van der Waals surface area contributed by atoms with Gasteiger partial charge in [-0.1, -0.05) is 0 Å². The largest absolute Gasteiger partial charge is 0.433 e. The van der Waals surface area contributed by atoms with Crippen LogP contribution in [0.25, 0.3) is 11.2 Å². The summed E-state index contributed by atoms with van der Waals surface area (Å²) in [5, 5.41) is 1.08. The quantitative estimate of drug-likeness (QED) is 0.556. The predicted molar refractivity (Wildman–Crippen MR) is 38.0 cm³/mol. The van der Waals surface area contributed by atoms with Crippen LogP contribution in [0.5, 0.6) is 0 Å². The highest BCUT2D eigenvalue weighted by Gasteiger charge is 2.07. The van der Waals surface area contributed by atoms with Gasteiger partial charge in [0.2, 0.25) is 0 Å². The van der Waals surface area contributed by atoms with Crippen LogP contribution in [0, 0.1) is 13.8 Å². The molecule has 0 N–H and O–H groups in total. The fourth-order valence-corrected chi connectivity index (χ4v) is 1.06. The lowest BCUT2D eigenvalue weighted by Crippen LogP contribution is -1.66. The molecule has 0 spiro atoms. The average molecular weight is 136 g/mol. The summed E-state index contributed by atoms with van der Waals surface area (Å²) < 4.78 is 10.3. The molecule has 0 amide bonds. The van der Waals surface area contributed by atoms with Crippen molar-refractivity contribution in [2.45, 2.75) is 13.8 Å². The third-order valence-electron chi connectivity index (χ3n) is 1.81. The van der Waals surface area contributed by atoms with Gasteiger partial charge in [-0.2, -0.15) is 0 Å². The van der Waals surface area contributed by atoms with Crippen LogP contribution in [-0.2, 0) is 0 Å². The van der Waals surface area contributed by atoms with Crippen LogP contribution >= 0.6 is 0 Å². The maximum atomic E-state index is 5.27. The Morgan fingerprint density at radius 2 is 2.10 bits per heavy atom. The van der Waals surface area contributed by atoms with E-state index in [1.54, 1.807) is 6.26 Å². The number of rotatable bonds is 0. The van der Waals surface area contributed by atoms with E-state index in [-0.39, 0.29) is 0 Å². The van der Waals surface area contributed by atoms with Crippen LogP contribution in [-0.4, -0.2) is 0 Å². The molecular formula is C8H8O2. The van der Waals surface area contributed by atoms with Gasteiger partial charge in [0.05, 0.1) is 11.6 Å². The summed E-state index contributed by atoms with van der Waals surface area (Å²) in [5.41, 5.74) is 1.17. The molecule has 0 aliphatic rings. The normalized spacial score (nSPS) is 11.0. The van der Waals surface area contributed by atoms with Crippen molar-refractivity contribution in [1.82, 2.24) is 0 Å². The van der Waals surface area contributed by atoms with E-state index in [0.717, 1.165) is 11.1 Å². The summed E-state index contributed by atoms with van der Waals surface area (Å²) in [7, 11) is 0. The molecule has 2 aromatic rings. The Labute approximate surface area is 58.4 Å². The predicted octanol–water partition coefficient (Wildman–Crippen LogP) is 2.64. The van der Waals surface area contributed by atoms with Gasteiger partial charge in [0.25, 0.3) is 5.78 Å². The summed E-state index contributed by atoms with van der Waals surface area (Å²) in [6.45, 7) is 3.96. The van der Waals surface area contributed by atoms with Crippen molar-refractivity contribution in [2.24, 2.45) is 0 Å². The van der Waals surface area contributed by atoms with E-state index in [4.69, 9.17) is 8.83 Å². The summed E-state index contributed by atoms with van der Waals surface area (Å²) in [5.74, 6) is 1.57. The van der Waals surface area contributed by atoms with Gasteiger partial charge in [0.1, 0.15) is 5.76 Å². The Balaban J connectivity index is 2.95. The first-order chi connectivity index (χ1) is 4.79. The highest BCUT2D eigenvalue weighted by molar-refractivity contribution is 5.77. The Hall–Kier alpha value is -1.18. The minimum atomic E-state index is 0.634. The molecule has 0 aliphatic carbocycles. The zero-order valence-electron chi connectivity index (χ0n) is 5.97. The SMILES string of the molecule is Cc1oc2occc2c1C. The highest BCUT2D eigenvalue weighted by atomic mass is 16.5. The van der Waals surface area contributed by atoms with Crippen molar-refractivity contribution in [2.75, 3.05) is 0 Å². The van der Waals surface area contributed by atoms with Crippen LogP contribution < -0.4 is 0 Å². The zero-order valence-corrected chi connectivity index (χ0v) is 5.97. The van der Waals surface area contributed by atoms with Gasteiger partial charge in [-0.15, -0.1) is 0 Å². The van der Waals surface area contributed by atoms with Crippen molar-refractivity contribution in [3.8, 4) is 0 Å². The number of furan rings is 2. The molecule has 0 atom stereocenters. The zero-order chi connectivity index (χ0) is 7.14. The second kappa shape index (κ2) is 1.66. The lowest BCUT2D eigenvalue weighted by atomic mass is 10.2. The summed E-state index contributed by atoms with van der Waals surface area (Å²) in [6.07, 6.45) is 1.64. The third kappa shape index (κ3) is 0.533. The van der Waals surface area contributed by atoms with Gasteiger partial charge in [-0.3, -0.25) is 0 Å². The number of aryl methyl sites for hydroxylation is 2. The van der Waals surface area contributed by atoms with Gasteiger partial charge in [0.15, 0.2) is 0 Å². The van der Waals surface area contributed by atoms with Gasteiger partial charge < -0.3 is 8.83 Å². The van der Waals surface area contributed by atoms with Crippen molar-refractivity contribution < 1.29 is 8.83 Å². The molecule has 2 heterocycles. The molecule has 0 radical (unpaired) electrons. The summed E-state index contributed by atoms with van der Waals surface area (Å²) in [4.78, 5) is 0. The van der Waals surface area contributed by atoms with E-state index in [9.17, 15) is 0 Å². The number of fused-ring (bicyclic) bond motifs is 1. The molecule has 0 saturated heterocycles. The van der Waals surface area contributed by atoms with Crippen LogP contribution in [0.1, 0.15) is 11.3 Å². The van der Waals surface area contributed by atoms with Crippen molar-refractivity contribution in [3.63, 3.8) is 0 Å². The summed E-state index contributed by atoms with van der Waals surface area (Å²) in [6, 6.07) is 1.92. The molecule has 2 heteroatoms. The Bertz CT molecular complexity index is 354. The smallest absolute Gasteiger partial charge is 0.297 e. The molecule has 0 aliphatic heterocycles. The first kappa shape index (κ1) is 5.59. The minimum Gasteiger partial charge on any atom is -0.433 e. The molecular weight excluding hydrogens is 128 g/mol. The molecule has 2 aromatic heterocycles. The molecule has 0 aromatic carbocycles. The van der Waals surface area contributed by atoms with Crippen LogP contribution in [0.4, 0.5) is 0 Å². The van der Waals surface area contributed by atoms with Crippen molar-refractivity contribution in [1.29, 1.82) is 0 Å². The van der Waals surface area contributed by atoms with E-state index >= 15 is 0 Å². The maximum absolute atomic E-state index is 5.27. The van der Waals surface area contributed by atoms with Gasteiger partial charge >= 0.3 is 0 Å². The minimum absolute atomic E-state index is 0.634. The molecule has 0 saturated carbocycles. The molecule has 0 fully saturated rings. The van der Waals surface area contributed by atoms with Crippen molar-refractivity contribution in [3.05, 3.63) is 23.7 Å². The van der Waals surface area contributed by atoms with E-state index in [1.807, 2.05) is 19.9 Å².